The fraction of sp³-hybridized carbons (Fsp3) is 0.692. The minimum Gasteiger partial charge on any atom is -0.354 e. The van der Waals surface area contributed by atoms with E-state index in [2.05, 4.69) is 20.6 Å². The van der Waals surface area contributed by atoms with Gasteiger partial charge in [-0.3, -0.25) is 10.1 Å². The number of hydrogen-bond donors (Lipinski definition) is 3. The van der Waals surface area contributed by atoms with Crippen LogP contribution in [0.2, 0.25) is 0 Å². The maximum atomic E-state index is 12.2. The predicted octanol–water partition coefficient (Wildman–Crippen LogP) is 0.826. The number of rotatable bonds is 3. The molecule has 1 aromatic heterocycles. The molecule has 0 aliphatic carbocycles. The molecule has 2 atom stereocenters. The first-order valence-electron chi connectivity index (χ1n) is 6.97. The maximum absolute atomic E-state index is 12.2. The van der Waals surface area contributed by atoms with E-state index in [1.165, 1.54) is 25.0 Å². The SMILES string of the molecule is O=C(NCC1CCCCS1)C1Cc2nc[nH]c2CN1. The third-order valence-electron chi connectivity index (χ3n) is 3.82. The molecular formula is C13H20N4OS. The molecule has 1 amide bonds. The van der Waals surface area contributed by atoms with Crippen molar-refractivity contribution in [3.8, 4) is 0 Å². The van der Waals surface area contributed by atoms with Gasteiger partial charge in [-0.1, -0.05) is 6.42 Å². The topological polar surface area (TPSA) is 69.8 Å². The highest BCUT2D eigenvalue weighted by Gasteiger charge is 2.26. The van der Waals surface area contributed by atoms with E-state index in [0.29, 0.717) is 18.2 Å². The molecule has 104 valence electrons. The van der Waals surface area contributed by atoms with Crippen LogP contribution < -0.4 is 10.6 Å². The Hall–Kier alpha value is -1.01. The third kappa shape index (κ3) is 3.12. The molecule has 1 aromatic rings. The van der Waals surface area contributed by atoms with Gasteiger partial charge < -0.3 is 10.3 Å². The maximum Gasteiger partial charge on any atom is 0.237 e. The fourth-order valence-electron chi connectivity index (χ4n) is 2.66. The van der Waals surface area contributed by atoms with Crippen LogP contribution in [0.5, 0.6) is 0 Å². The van der Waals surface area contributed by atoms with E-state index in [4.69, 9.17) is 0 Å². The van der Waals surface area contributed by atoms with Crippen molar-refractivity contribution >= 4 is 17.7 Å². The first-order valence-corrected chi connectivity index (χ1v) is 8.01. The molecule has 2 aliphatic heterocycles. The number of nitrogens with one attached hydrogen (secondary N) is 3. The summed E-state index contributed by atoms with van der Waals surface area (Å²) < 4.78 is 0. The highest BCUT2D eigenvalue weighted by molar-refractivity contribution is 7.99. The summed E-state index contributed by atoms with van der Waals surface area (Å²) in [5.41, 5.74) is 2.12. The van der Waals surface area contributed by atoms with Crippen LogP contribution in [0.1, 0.15) is 30.7 Å². The molecular weight excluding hydrogens is 260 g/mol. The molecule has 2 aliphatic rings. The summed E-state index contributed by atoms with van der Waals surface area (Å²) in [5.74, 6) is 1.35. The first-order chi connectivity index (χ1) is 9.33. The minimum atomic E-state index is -0.135. The number of hydrogen-bond acceptors (Lipinski definition) is 4. The molecule has 3 rings (SSSR count). The number of carbonyl (C=O) groups is 1. The zero-order valence-corrected chi connectivity index (χ0v) is 11.8. The van der Waals surface area contributed by atoms with Crippen molar-refractivity contribution in [1.82, 2.24) is 20.6 Å². The van der Waals surface area contributed by atoms with Crippen molar-refractivity contribution in [2.45, 2.75) is 43.5 Å². The largest absolute Gasteiger partial charge is 0.354 e. The van der Waals surface area contributed by atoms with Crippen molar-refractivity contribution in [2.24, 2.45) is 0 Å². The van der Waals surface area contributed by atoms with Gasteiger partial charge in [-0.15, -0.1) is 0 Å². The van der Waals surface area contributed by atoms with Gasteiger partial charge in [-0.2, -0.15) is 11.8 Å². The average Bonchev–Trinajstić information content (AvgIpc) is 2.93. The fourth-order valence-corrected chi connectivity index (χ4v) is 3.90. The van der Waals surface area contributed by atoms with Gasteiger partial charge in [0.15, 0.2) is 0 Å². The number of H-pyrrole nitrogens is 1. The molecule has 19 heavy (non-hydrogen) atoms. The average molecular weight is 280 g/mol. The van der Waals surface area contributed by atoms with Gasteiger partial charge >= 0.3 is 0 Å². The van der Waals surface area contributed by atoms with E-state index < -0.39 is 0 Å². The number of carbonyl (C=O) groups excluding carboxylic acids is 1. The van der Waals surface area contributed by atoms with Gasteiger partial charge in [0.25, 0.3) is 0 Å². The van der Waals surface area contributed by atoms with E-state index in [0.717, 1.165) is 17.9 Å². The van der Waals surface area contributed by atoms with E-state index in [1.807, 2.05) is 11.8 Å². The molecule has 6 heteroatoms. The van der Waals surface area contributed by atoms with Crippen molar-refractivity contribution in [2.75, 3.05) is 12.3 Å². The number of amides is 1. The molecule has 3 N–H and O–H groups in total. The lowest BCUT2D eigenvalue weighted by atomic mass is 10.0. The second kappa shape index (κ2) is 5.96. The Kier molecular flexibility index (Phi) is 4.08. The van der Waals surface area contributed by atoms with E-state index in [9.17, 15) is 4.79 Å². The Bertz CT molecular complexity index is 442. The van der Waals surface area contributed by atoms with Crippen LogP contribution in [0, 0.1) is 0 Å². The van der Waals surface area contributed by atoms with Crippen molar-refractivity contribution in [3.05, 3.63) is 17.7 Å². The Morgan fingerprint density at radius 2 is 2.47 bits per heavy atom. The minimum absolute atomic E-state index is 0.111. The summed E-state index contributed by atoms with van der Waals surface area (Å²) in [6.07, 6.45) is 6.23. The van der Waals surface area contributed by atoms with Gasteiger partial charge in [-0.05, 0) is 18.6 Å². The Labute approximate surface area is 117 Å². The summed E-state index contributed by atoms with van der Waals surface area (Å²) >= 11 is 1.99. The zero-order chi connectivity index (χ0) is 13.1. The molecule has 0 aromatic carbocycles. The number of imidazole rings is 1. The van der Waals surface area contributed by atoms with Crippen LogP contribution in [0.25, 0.3) is 0 Å². The summed E-state index contributed by atoms with van der Waals surface area (Å²) in [5, 5.41) is 6.94. The molecule has 5 nitrogen and oxygen atoms in total. The lowest BCUT2D eigenvalue weighted by Gasteiger charge is -2.25. The van der Waals surface area contributed by atoms with Crippen LogP contribution in [-0.4, -0.2) is 39.5 Å². The second-order valence-electron chi connectivity index (χ2n) is 5.20. The number of aromatic amines is 1. The zero-order valence-electron chi connectivity index (χ0n) is 10.9. The van der Waals surface area contributed by atoms with Crippen LogP contribution >= 0.6 is 11.8 Å². The van der Waals surface area contributed by atoms with E-state index in [1.54, 1.807) is 6.33 Å². The van der Waals surface area contributed by atoms with Crippen LogP contribution in [0.3, 0.4) is 0 Å². The summed E-state index contributed by atoms with van der Waals surface area (Å²) in [7, 11) is 0. The van der Waals surface area contributed by atoms with Gasteiger partial charge in [0.1, 0.15) is 0 Å². The second-order valence-corrected chi connectivity index (χ2v) is 6.61. The molecule has 0 spiro atoms. The number of nitrogens with zero attached hydrogens (tertiary/aromatic N) is 1. The van der Waals surface area contributed by atoms with Gasteiger partial charge in [0.2, 0.25) is 5.91 Å². The molecule has 0 saturated carbocycles. The number of aromatic nitrogens is 2. The van der Waals surface area contributed by atoms with E-state index >= 15 is 0 Å². The third-order valence-corrected chi connectivity index (χ3v) is 5.22. The van der Waals surface area contributed by atoms with Crippen LogP contribution in [-0.2, 0) is 17.8 Å². The molecule has 3 heterocycles. The molecule has 1 fully saturated rings. The molecule has 2 unspecified atom stereocenters. The smallest absolute Gasteiger partial charge is 0.237 e. The molecule has 1 saturated heterocycles. The highest BCUT2D eigenvalue weighted by atomic mass is 32.2. The Balaban J connectivity index is 1.48. The monoisotopic (exact) mass is 280 g/mol. The summed E-state index contributed by atoms with van der Waals surface area (Å²) in [4.78, 5) is 19.5. The number of fused-ring (bicyclic) bond motifs is 1. The van der Waals surface area contributed by atoms with Crippen LogP contribution in [0.15, 0.2) is 6.33 Å². The Morgan fingerprint density at radius 1 is 1.53 bits per heavy atom. The quantitative estimate of drug-likeness (QED) is 0.767. The van der Waals surface area contributed by atoms with Crippen molar-refractivity contribution in [3.63, 3.8) is 0 Å². The van der Waals surface area contributed by atoms with Gasteiger partial charge in [0, 0.05) is 24.8 Å². The van der Waals surface area contributed by atoms with Crippen molar-refractivity contribution in [1.29, 1.82) is 0 Å². The summed E-state index contributed by atoms with van der Waals surface area (Å²) in [6, 6.07) is -0.135. The number of thioether (sulfide) groups is 1. The molecule has 0 bridgehead atoms. The standard InChI is InChI=1S/C13H20N4OS/c18-13(15-6-9-3-1-2-4-19-9)11-5-10-12(7-14-11)17-8-16-10/h8-9,11,14H,1-7H2,(H,15,18)(H,16,17). The van der Waals surface area contributed by atoms with Crippen LogP contribution in [0.4, 0.5) is 0 Å². The summed E-state index contributed by atoms with van der Waals surface area (Å²) in [6.45, 7) is 1.50. The highest BCUT2D eigenvalue weighted by Crippen LogP contribution is 2.24. The first kappa shape index (κ1) is 13.0. The normalized spacial score (nSPS) is 26.7. The molecule has 0 radical (unpaired) electrons. The van der Waals surface area contributed by atoms with Crippen molar-refractivity contribution < 1.29 is 4.79 Å². The van der Waals surface area contributed by atoms with Gasteiger partial charge in [0.05, 0.1) is 23.8 Å². The van der Waals surface area contributed by atoms with Gasteiger partial charge in [-0.25, -0.2) is 4.98 Å². The lowest BCUT2D eigenvalue weighted by Crippen LogP contribution is -2.49. The lowest BCUT2D eigenvalue weighted by molar-refractivity contribution is -0.123. The Morgan fingerprint density at radius 3 is 3.32 bits per heavy atom. The predicted molar refractivity (Wildman–Crippen MR) is 76.0 cm³/mol. The van der Waals surface area contributed by atoms with E-state index in [-0.39, 0.29) is 11.9 Å².